The number of benzene rings is 2. The van der Waals surface area contributed by atoms with Crippen LogP contribution >= 0.6 is 0 Å². The maximum atomic E-state index is 14.1. The minimum absolute atomic E-state index is 0.0431. The average molecular weight is 983 g/mol. The lowest BCUT2D eigenvalue weighted by Crippen LogP contribution is -2.58. The highest BCUT2D eigenvalue weighted by Crippen LogP contribution is 2.38. The number of aromatic hydroxyl groups is 2. The van der Waals surface area contributed by atoms with Gasteiger partial charge in [-0.1, -0.05) is 96.1 Å². The third-order valence-electron chi connectivity index (χ3n) is 12.7. The first-order chi connectivity index (χ1) is 33.3. The van der Waals surface area contributed by atoms with E-state index in [4.69, 9.17) is 5.73 Å². The molecule has 3 rings (SSSR count). The number of carbonyl (C=O) groups excluding carboxylic acids is 7. The Labute approximate surface area is 411 Å². The molecule has 390 valence electrons. The monoisotopic (exact) mass is 983 g/mol. The van der Waals surface area contributed by atoms with Crippen LogP contribution in [0, 0.1) is 0 Å². The summed E-state index contributed by atoms with van der Waals surface area (Å²) in [5, 5.41) is 63.8. The molecule has 0 saturated carbocycles. The van der Waals surface area contributed by atoms with Crippen LogP contribution in [0.2, 0.25) is 0 Å². The van der Waals surface area contributed by atoms with E-state index in [-0.39, 0.29) is 53.4 Å². The van der Waals surface area contributed by atoms with Crippen molar-refractivity contribution in [3.8, 4) is 22.6 Å². The summed E-state index contributed by atoms with van der Waals surface area (Å²) in [5.41, 5.74) is 6.70. The molecule has 1 heterocycles. The van der Waals surface area contributed by atoms with Crippen molar-refractivity contribution in [2.75, 3.05) is 33.9 Å². The van der Waals surface area contributed by atoms with Gasteiger partial charge >= 0.3 is 0 Å². The summed E-state index contributed by atoms with van der Waals surface area (Å²) in [5.74, 6) is -6.00. The smallest absolute Gasteiger partial charge is 0.257 e. The van der Waals surface area contributed by atoms with Gasteiger partial charge in [-0.3, -0.25) is 33.6 Å². The maximum Gasteiger partial charge on any atom is 0.257 e. The van der Waals surface area contributed by atoms with Gasteiger partial charge in [-0.2, -0.15) is 0 Å². The van der Waals surface area contributed by atoms with Crippen LogP contribution < -0.4 is 32.3 Å². The fourth-order valence-electron chi connectivity index (χ4n) is 8.24. The zero-order chi connectivity index (χ0) is 51.9. The fourth-order valence-corrected chi connectivity index (χ4v) is 8.24. The molecule has 12 N–H and O–H groups in total. The van der Waals surface area contributed by atoms with Gasteiger partial charge in [0.05, 0.1) is 25.3 Å². The highest BCUT2D eigenvalue weighted by molar-refractivity contribution is 5.97. The van der Waals surface area contributed by atoms with Crippen molar-refractivity contribution in [2.45, 2.75) is 166 Å². The van der Waals surface area contributed by atoms with Crippen LogP contribution in [0.1, 0.15) is 134 Å². The molecule has 0 aromatic heterocycles. The molecule has 2 aromatic carbocycles. The number of carbonyl (C=O) groups is 7. The van der Waals surface area contributed by atoms with E-state index in [9.17, 15) is 59.1 Å². The number of phenols is 2. The van der Waals surface area contributed by atoms with E-state index >= 15 is 0 Å². The van der Waals surface area contributed by atoms with Gasteiger partial charge in [0, 0.05) is 44.7 Å². The number of fused-ring (bicyclic) bond motifs is 5. The number of nitrogens with two attached hydrogens (primary N) is 1. The number of likely N-dealkylation sites (N-methyl/N-ethyl adjacent to an activating group) is 2. The summed E-state index contributed by atoms with van der Waals surface area (Å²) in [6.07, 6.45) is 12.1. The van der Waals surface area contributed by atoms with E-state index in [1.807, 2.05) is 0 Å². The van der Waals surface area contributed by atoms with E-state index in [1.165, 1.54) is 121 Å². The second-order valence-electron chi connectivity index (χ2n) is 18.3. The zero-order valence-corrected chi connectivity index (χ0v) is 41.5. The van der Waals surface area contributed by atoms with E-state index < -0.39 is 97.7 Å². The van der Waals surface area contributed by atoms with Gasteiger partial charge in [-0.05, 0) is 62.1 Å². The van der Waals surface area contributed by atoms with E-state index in [0.717, 1.165) is 30.6 Å². The van der Waals surface area contributed by atoms with E-state index in [2.05, 4.69) is 33.5 Å². The summed E-state index contributed by atoms with van der Waals surface area (Å²) < 4.78 is 0. The molecule has 2 aromatic rings. The molecule has 0 aliphatic carbocycles. The fraction of sp³-hybridized carbons (Fsp3) is 0.620. The Morgan fingerprint density at radius 3 is 1.91 bits per heavy atom. The number of unbranched alkanes of at least 4 members (excludes halogenated alkanes) is 12. The highest BCUT2D eigenvalue weighted by atomic mass is 16.3. The molecule has 0 fully saturated rings. The quantitative estimate of drug-likeness (QED) is 0.0451. The van der Waals surface area contributed by atoms with Crippen LogP contribution in [0.4, 0.5) is 0 Å². The van der Waals surface area contributed by atoms with Gasteiger partial charge in [-0.25, -0.2) is 0 Å². The lowest BCUT2D eigenvalue weighted by Gasteiger charge is -2.30. The van der Waals surface area contributed by atoms with Crippen LogP contribution in [0.25, 0.3) is 11.1 Å². The van der Waals surface area contributed by atoms with Gasteiger partial charge in [0.25, 0.3) is 5.91 Å². The maximum absolute atomic E-state index is 14.1. The Kier molecular flexibility index (Phi) is 25.1. The third-order valence-corrected chi connectivity index (χ3v) is 12.7. The molecule has 0 radical (unpaired) electrons. The van der Waals surface area contributed by atoms with Crippen molar-refractivity contribution in [3.05, 3.63) is 47.5 Å². The normalized spacial score (nSPS) is 17.6. The lowest BCUT2D eigenvalue weighted by atomic mass is 9.93. The molecule has 20 heteroatoms. The molecule has 20 nitrogen and oxygen atoms in total. The number of amides is 7. The van der Waals surface area contributed by atoms with Gasteiger partial charge in [0.1, 0.15) is 35.7 Å². The number of nitrogens with one attached hydrogen (secondary N) is 5. The molecule has 0 spiro atoms. The molecule has 1 aliphatic rings. The molecule has 4 bridgehead atoms. The molecule has 7 amide bonds. The van der Waals surface area contributed by atoms with E-state index in [0.29, 0.717) is 12.0 Å². The van der Waals surface area contributed by atoms with Gasteiger partial charge < -0.3 is 67.7 Å². The van der Waals surface area contributed by atoms with Crippen LogP contribution in [-0.4, -0.2) is 147 Å². The van der Waals surface area contributed by atoms with Crippen molar-refractivity contribution in [3.63, 3.8) is 0 Å². The van der Waals surface area contributed by atoms with Crippen LogP contribution in [0.3, 0.4) is 0 Å². The van der Waals surface area contributed by atoms with E-state index in [1.54, 1.807) is 0 Å². The number of aliphatic hydroxyl groups excluding tert-OH is 3. The predicted octanol–water partition coefficient (Wildman–Crippen LogP) is 1.88. The van der Waals surface area contributed by atoms with Crippen LogP contribution in [0.5, 0.6) is 11.5 Å². The molecule has 7 atom stereocenters. The third kappa shape index (κ3) is 18.2. The molecule has 70 heavy (non-hydrogen) atoms. The second-order valence-corrected chi connectivity index (χ2v) is 18.3. The Morgan fingerprint density at radius 1 is 0.771 bits per heavy atom. The first-order valence-electron chi connectivity index (χ1n) is 24.7. The topological polar surface area (TPSA) is 313 Å². The number of nitrogens with zero attached hydrogens (tertiary/aromatic N) is 2. The average Bonchev–Trinajstić information content (AvgIpc) is 3.32. The van der Waals surface area contributed by atoms with Crippen LogP contribution in [-0.2, 0) is 40.0 Å². The standard InChI is InChI=1S/C50H78N8O12/c1-6-7-8-9-10-11-12-13-14-15-16-17-18-19-42(64)57(4)39(24-25-59)48(68)56-45(51)50(70)52-29-43(65)58(5)44-34-21-23-41(63)36(28-34)35-26-33(20-22-40(35)62)27-37(47(67)55-38(30-60)32(3)61)54-46(66)31(2)53-49(44)69/h20-23,26,28,31-32,37-39,44-45,59-63H,6-19,24-25,27,29-30,51H2,1-5H3,(H,52,70)(H,53,69)(H,54,66)(H,55,67)(H,56,68)/t31-,32?,37-,38+,39+,44-,45-/m0/s1. The predicted molar refractivity (Wildman–Crippen MR) is 262 cm³/mol. The summed E-state index contributed by atoms with van der Waals surface area (Å²) in [6.45, 7) is 3.15. The number of aliphatic hydroxyl groups is 3. The summed E-state index contributed by atoms with van der Waals surface area (Å²) >= 11 is 0. The Morgan fingerprint density at radius 2 is 1.34 bits per heavy atom. The lowest BCUT2D eigenvalue weighted by molar-refractivity contribution is -0.141. The molecule has 1 unspecified atom stereocenters. The minimum atomic E-state index is -1.69. The summed E-state index contributed by atoms with van der Waals surface area (Å²) in [4.78, 5) is 96.7. The SMILES string of the molecule is CCCCCCCCCCCCCCCC(=O)N(C)[C@H](CCO)C(=O)N[C@H](N)C(=O)NCC(=O)N(C)[C@@H]1C(=O)N[C@@H](C)C(=O)N[C@H](C(=O)N[C@H](CO)C(C)O)Cc2ccc(O)c(c2)-c2cc1ccc2O. The first-order valence-corrected chi connectivity index (χ1v) is 24.7. The minimum Gasteiger partial charge on any atom is -0.507 e. The Hall–Kier alpha value is -5.83. The zero-order valence-electron chi connectivity index (χ0n) is 41.5. The first kappa shape index (κ1) is 58.5. The van der Waals surface area contributed by atoms with Gasteiger partial charge in [0.2, 0.25) is 35.4 Å². The van der Waals surface area contributed by atoms with Gasteiger partial charge in [-0.15, -0.1) is 0 Å². The number of hydrogen-bond donors (Lipinski definition) is 11. The van der Waals surface area contributed by atoms with Crippen molar-refractivity contribution in [1.29, 1.82) is 0 Å². The van der Waals surface area contributed by atoms with Crippen molar-refractivity contribution in [1.82, 2.24) is 36.4 Å². The summed E-state index contributed by atoms with van der Waals surface area (Å²) in [6, 6.07) is 1.89. The number of phenolic OH excluding ortho intramolecular Hbond substituents is 2. The molecular weight excluding hydrogens is 905 g/mol. The molecule has 1 aliphatic heterocycles. The van der Waals surface area contributed by atoms with Gasteiger partial charge in [0.15, 0.2) is 6.17 Å². The van der Waals surface area contributed by atoms with Crippen molar-refractivity contribution < 1.29 is 59.1 Å². The molecule has 0 saturated heterocycles. The van der Waals surface area contributed by atoms with Crippen molar-refractivity contribution in [2.24, 2.45) is 5.73 Å². The van der Waals surface area contributed by atoms with Crippen molar-refractivity contribution >= 4 is 41.4 Å². The largest absolute Gasteiger partial charge is 0.507 e. The summed E-state index contributed by atoms with van der Waals surface area (Å²) in [7, 11) is 2.70. The Balaban J connectivity index is 1.68. The number of hydrogen-bond acceptors (Lipinski definition) is 13. The highest BCUT2D eigenvalue weighted by Gasteiger charge is 2.35. The number of rotatable bonds is 27. The Bertz CT molecular complexity index is 2050. The van der Waals surface area contributed by atoms with Crippen LogP contribution in [0.15, 0.2) is 36.4 Å². The molecular formula is C50H78N8O12. The second kappa shape index (κ2) is 30.0.